The van der Waals surface area contributed by atoms with Crippen molar-refractivity contribution in [3.05, 3.63) is 0 Å². The molecule has 0 amide bonds. The molecule has 2 atom stereocenters. The molecule has 0 aliphatic carbocycles. The maximum absolute atomic E-state index is 5.82. The first-order chi connectivity index (χ1) is 10.4. The fraction of sp³-hybridized carbons (Fsp3) is 1.00. The molecule has 3 fully saturated rings. The number of nitrogens with zero attached hydrogens (tertiary/aromatic N) is 2. The summed E-state index contributed by atoms with van der Waals surface area (Å²) in [5, 5.41) is 0. The minimum atomic E-state index is 0.368. The molecule has 4 nitrogen and oxygen atoms in total. The van der Waals surface area contributed by atoms with Gasteiger partial charge in [-0.15, -0.1) is 0 Å². The third-order valence-corrected chi connectivity index (χ3v) is 5.27. The molecule has 21 heavy (non-hydrogen) atoms. The third kappa shape index (κ3) is 4.92. The van der Waals surface area contributed by atoms with Crippen molar-refractivity contribution in [2.45, 2.75) is 57.1 Å². The number of hydrogen-bond donors (Lipinski definition) is 0. The van der Waals surface area contributed by atoms with Crippen LogP contribution in [-0.2, 0) is 9.47 Å². The van der Waals surface area contributed by atoms with Crippen molar-refractivity contribution in [1.82, 2.24) is 9.80 Å². The van der Waals surface area contributed by atoms with E-state index in [0.717, 1.165) is 32.4 Å². The molecule has 0 saturated carbocycles. The molecule has 0 unspecified atom stereocenters. The van der Waals surface area contributed by atoms with E-state index in [4.69, 9.17) is 9.47 Å². The van der Waals surface area contributed by atoms with Gasteiger partial charge in [-0.25, -0.2) is 0 Å². The van der Waals surface area contributed by atoms with E-state index in [-0.39, 0.29) is 0 Å². The Morgan fingerprint density at radius 3 is 2.67 bits per heavy atom. The molecule has 3 saturated heterocycles. The summed E-state index contributed by atoms with van der Waals surface area (Å²) in [6, 6.07) is 0.803. The summed E-state index contributed by atoms with van der Waals surface area (Å²) in [6.45, 7) is 8.85. The first-order valence-corrected chi connectivity index (χ1v) is 9.07. The lowest BCUT2D eigenvalue weighted by Crippen LogP contribution is -2.50. The molecule has 0 radical (unpaired) electrons. The van der Waals surface area contributed by atoms with Gasteiger partial charge in [0, 0.05) is 25.7 Å². The predicted molar refractivity (Wildman–Crippen MR) is 84.7 cm³/mol. The van der Waals surface area contributed by atoms with Gasteiger partial charge in [-0.2, -0.15) is 0 Å². The fourth-order valence-corrected chi connectivity index (χ4v) is 4.00. The molecule has 3 aliphatic heterocycles. The van der Waals surface area contributed by atoms with Crippen LogP contribution >= 0.6 is 0 Å². The SMILES string of the molecule is C1CCN([C@@H]2CCCN(CCOC[C@H]3CCCO3)C2)CC1. The average Bonchev–Trinajstić information content (AvgIpc) is 3.06. The van der Waals surface area contributed by atoms with Crippen molar-refractivity contribution in [2.24, 2.45) is 0 Å². The van der Waals surface area contributed by atoms with Gasteiger partial charge in [0.2, 0.25) is 0 Å². The number of rotatable bonds is 6. The van der Waals surface area contributed by atoms with Gasteiger partial charge in [0.25, 0.3) is 0 Å². The summed E-state index contributed by atoms with van der Waals surface area (Å²) in [6.07, 6.45) is 9.75. The Balaban J connectivity index is 1.31. The summed E-state index contributed by atoms with van der Waals surface area (Å²) in [5.74, 6) is 0. The molecule has 0 bridgehead atoms. The second-order valence-corrected chi connectivity index (χ2v) is 6.90. The monoisotopic (exact) mass is 296 g/mol. The van der Waals surface area contributed by atoms with Gasteiger partial charge < -0.3 is 9.47 Å². The summed E-state index contributed by atoms with van der Waals surface area (Å²) >= 11 is 0. The van der Waals surface area contributed by atoms with Crippen molar-refractivity contribution in [3.63, 3.8) is 0 Å². The van der Waals surface area contributed by atoms with Gasteiger partial charge in [0.05, 0.1) is 19.3 Å². The van der Waals surface area contributed by atoms with Crippen molar-refractivity contribution in [3.8, 4) is 0 Å². The van der Waals surface area contributed by atoms with E-state index in [0.29, 0.717) is 6.10 Å². The van der Waals surface area contributed by atoms with Crippen molar-refractivity contribution in [1.29, 1.82) is 0 Å². The van der Waals surface area contributed by atoms with Gasteiger partial charge >= 0.3 is 0 Å². The molecule has 122 valence electrons. The normalized spacial score (nSPS) is 32.6. The quantitative estimate of drug-likeness (QED) is 0.701. The Hall–Kier alpha value is -0.160. The van der Waals surface area contributed by atoms with Crippen LogP contribution in [0.3, 0.4) is 0 Å². The molecular weight excluding hydrogens is 264 g/mol. The second-order valence-electron chi connectivity index (χ2n) is 6.90. The summed E-state index contributed by atoms with van der Waals surface area (Å²) in [7, 11) is 0. The molecule has 0 spiro atoms. The highest BCUT2D eigenvalue weighted by Crippen LogP contribution is 2.20. The minimum Gasteiger partial charge on any atom is -0.377 e. The first-order valence-electron chi connectivity index (χ1n) is 9.07. The Kier molecular flexibility index (Phi) is 6.34. The van der Waals surface area contributed by atoms with Gasteiger partial charge in [-0.1, -0.05) is 6.42 Å². The van der Waals surface area contributed by atoms with E-state index in [9.17, 15) is 0 Å². The summed E-state index contributed by atoms with van der Waals surface area (Å²) in [5.41, 5.74) is 0. The zero-order valence-corrected chi connectivity index (χ0v) is 13.5. The summed E-state index contributed by atoms with van der Waals surface area (Å²) in [4.78, 5) is 5.35. The molecule has 0 aromatic heterocycles. The highest BCUT2D eigenvalue weighted by atomic mass is 16.5. The van der Waals surface area contributed by atoms with E-state index in [1.165, 1.54) is 71.1 Å². The highest BCUT2D eigenvalue weighted by Gasteiger charge is 2.26. The van der Waals surface area contributed by atoms with Crippen LogP contribution in [0.2, 0.25) is 0 Å². The van der Waals surface area contributed by atoms with E-state index in [1.807, 2.05) is 0 Å². The van der Waals surface area contributed by atoms with Crippen LogP contribution in [0.1, 0.15) is 44.9 Å². The zero-order chi connectivity index (χ0) is 14.3. The van der Waals surface area contributed by atoms with Crippen molar-refractivity contribution >= 4 is 0 Å². The molecule has 0 aromatic rings. The lowest BCUT2D eigenvalue weighted by Gasteiger charge is -2.41. The lowest BCUT2D eigenvalue weighted by molar-refractivity contribution is 0.00380. The molecule has 0 N–H and O–H groups in total. The number of hydrogen-bond acceptors (Lipinski definition) is 4. The lowest BCUT2D eigenvalue weighted by atomic mass is 10.0. The van der Waals surface area contributed by atoms with Gasteiger partial charge in [-0.3, -0.25) is 9.80 Å². The van der Waals surface area contributed by atoms with E-state index in [2.05, 4.69) is 9.80 Å². The highest BCUT2D eigenvalue weighted by molar-refractivity contribution is 4.82. The maximum Gasteiger partial charge on any atom is 0.0809 e. The van der Waals surface area contributed by atoms with Crippen molar-refractivity contribution in [2.75, 3.05) is 52.5 Å². The first kappa shape index (κ1) is 15.7. The topological polar surface area (TPSA) is 24.9 Å². The smallest absolute Gasteiger partial charge is 0.0809 e. The van der Waals surface area contributed by atoms with Crippen LogP contribution in [0.5, 0.6) is 0 Å². The standard InChI is InChI=1S/C17H32N2O2/c1-2-9-19(10-3-1)16-6-4-8-18(14-16)11-13-20-15-17-7-5-12-21-17/h16-17H,1-15H2/t16-,17-/m1/s1. The van der Waals surface area contributed by atoms with Crippen LogP contribution in [0.15, 0.2) is 0 Å². The third-order valence-electron chi connectivity index (χ3n) is 5.27. The van der Waals surface area contributed by atoms with E-state index in [1.54, 1.807) is 0 Å². The van der Waals surface area contributed by atoms with Gasteiger partial charge in [0.1, 0.15) is 0 Å². The van der Waals surface area contributed by atoms with Crippen LogP contribution < -0.4 is 0 Å². The number of likely N-dealkylation sites (tertiary alicyclic amines) is 2. The Morgan fingerprint density at radius 1 is 0.952 bits per heavy atom. The Morgan fingerprint density at radius 2 is 1.86 bits per heavy atom. The van der Waals surface area contributed by atoms with E-state index < -0.39 is 0 Å². The number of piperidine rings is 2. The summed E-state index contributed by atoms with van der Waals surface area (Å²) < 4.78 is 11.4. The molecule has 0 aromatic carbocycles. The Labute approximate surface area is 129 Å². The number of ether oxygens (including phenoxy) is 2. The van der Waals surface area contributed by atoms with Crippen LogP contribution in [0.4, 0.5) is 0 Å². The molecule has 3 aliphatic rings. The zero-order valence-electron chi connectivity index (χ0n) is 13.5. The van der Waals surface area contributed by atoms with Gasteiger partial charge in [0.15, 0.2) is 0 Å². The fourth-order valence-electron chi connectivity index (χ4n) is 4.00. The predicted octanol–water partition coefficient (Wildman–Crippen LogP) is 2.13. The maximum atomic E-state index is 5.82. The second kappa shape index (κ2) is 8.47. The van der Waals surface area contributed by atoms with Crippen LogP contribution in [0, 0.1) is 0 Å². The van der Waals surface area contributed by atoms with Crippen molar-refractivity contribution < 1.29 is 9.47 Å². The largest absolute Gasteiger partial charge is 0.377 e. The molecule has 4 heteroatoms. The van der Waals surface area contributed by atoms with Crippen LogP contribution in [-0.4, -0.2) is 74.5 Å². The van der Waals surface area contributed by atoms with Gasteiger partial charge in [-0.05, 0) is 58.2 Å². The Bertz CT molecular complexity index is 289. The molecule has 3 rings (SSSR count). The van der Waals surface area contributed by atoms with Crippen LogP contribution in [0.25, 0.3) is 0 Å². The minimum absolute atomic E-state index is 0.368. The average molecular weight is 296 g/mol. The molecular formula is C17H32N2O2. The molecule has 3 heterocycles. The van der Waals surface area contributed by atoms with E-state index >= 15 is 0 Å².